The minimum Gasteiger partial charge on any atom is -0.391 e. The van der Waals surface area contributed by atoms with E-state index in [2.05, 4.69) is 34.4 Å². The molecule has 0 spiro atoms. The van der Waals surface area contributed by atoms with Gasteiger partial charge < -0.3 is 21.1 Å². The molecule has 3 aromatic carbocycles. The van der Waals surface area contributed by atoms with Crippen LogP contribution in [0.3, 0.4) is 0 Å². The number of aliphatic hydroxyl groups is 1. The zero-order chi connectivity index (χ0) is 27.5. The van der Waals surface area contributed by atoms with Crippen molar-refractivity contribution in [2.45, 2.75) is 25.6 Å². The summed E-state index contributed by atoms with van der Waals surface area (Å²) in [4.78, 5) is 23.8. The highest BCUT2D eigenvalue weighted by molar-refractivity contribution is 5.92. The number of carbonyl (C=O) groups excluding carboxylic acids is 2. The third-order valence-corrected chi connectivity index (χ3v) is 5.46. The number of hydroxylamine groups is 1. The monoisotopic (exact) mass is 516 g/mol. The van der Waals surface area contributed by atoms with Gasteiger partial charge in [-0.2, -0.15) is 0 Å². The quantitative estimate of drug-likeness (QED) is 0.140. The molecule has 2 atom stereocenters. The summed E-state index contributed by atoms with van der Waals surface area (Å²) < 4.78 is 13.2. The van der Waals surface area contributed by atoms with Gasteiger partial charge in [-0.3, -0.25) is 14.8 Å². The van der Waals surface area contributed by atoms with E-state index < -0.39 is 18.1 Å². The van der Waals surface area contributed by atoms with Crippen molar-refractivity contribution in [1.29, 1.82) is 0 Å². The zero-order valence-electron chi connectivity index (χ0n) is 20.8. The number of carbonyl (C=O) groups is 2. The highest BCUT2D eigenvalue weighted by Gasteiger charge is 2.23. The predicted molar refractivity (Wildman–Crippen MR) is 143 cm³/mol. The van der Waals surface area contributed by atoms with Crippen LogP contribution < -0.4 is 21.4 Å². The van der Waals surface area contributed by atoms with Gasteiger partial charge in [-0.1, -0.05) is 42.7 Å². The van der Waals surface area contributed by atoms with E-state index in [1.165, 1.54) is 24.5 Å². The van der Waals surface area contributed by atoms with Crippen molar-refractivity contribution in [2.75, 3.05) is 11.9 Å². The first-order valence-electron chi connectivity index (χ1n) is 11.8. The molecule has 0 unspecified atom stereocenters. The van der Waals surface area contributed by atoms with Crippen LogP contribution in [0.2, 0.25) is 0 Å². The highest BCUT2D eigenvalue weighted by atomic mass is 19.1. The summed E-state index contributed by atoms with van der Waals surface area (Å²) >= 11 is 0. The molecule has 38 heavy (non-hydrogen) atoms. The van der Waals surface area contributed by atoms with Gasteiger partial charge in [-0.05, 0) is 66.6 Å². The van der Waals surface area contributed by atoms with E-state index in [-0.39, 0.29) is 18.3 Å². The molecule has 0 aliphatic rings. The third-order valence-electron chi connectivity index (χ3n) is 5.46. The van der Waals surface area contributed by atoms with Crippen LogP contribution in [0, 0.1) is 17.7 Å². The summed E-state index contributed by atoms with van der Waals surface area (Å²) in [6.45, 7) is 5.78. The third kappa shape index (κ3) is 8.57. The molecular formula is C29H29FN4O4. The van der Waals surface area contributed by atoms with Gasteiger partial charge in [-0.25, -0.2) is 9.87 Å². The second kappa shape index (κ2) is 13.7. The van der Waals surface area contributed by atoms with Crippen LogP contribution in [0.5, 0.6) is 0 Å². The maximum atomic E-state index is 13.2. The van der Waals surface area contributed by atoms with Gasteiger partial charge in [0.2, 0.25) is 5.91 Å². The molecule has 0 saturated carbocycles. The first kappa shape index (κ1) is 28.1. The summed E-state index contributed by atoms with van der Waals surface area (Å²) in [6.07, 6.45) is -1.05. The van der Waals surface area contributed by atoms with E-state index in [4.69, 9.17) is 5.21 Å². The van der Waals surface area contributed by atoms with E-state index >= 15 is 0 Å². The molecule has 8 nitrogen and oxygen atoms in total. The molecule has 0 fully saturated rings. The summed E-state index contributed by atoms with van der Waals surface area (Å²) in [5.41, 5.74) is 5.52. The molecular weight excluding hydrogens is 487 g/mol. The molecule has 0 aliphatic carbocycles. The Morgan fingerprint density at radius 1 is 1.00 bits per heavy atom. The fraction of sp³-hybridized carbons (Fsp3) is 0.172. The molecule has 0 radical (unpaired) electrons. The topological polar surface area (TPSA) is 123 Å². The lowest BCUT2D eigenvalue weighted by atomic mass is 10.1. The van der Waals surface area contributed by atoms with E-state index in [1.807, 2.05) is 0 Å². The molecule has 0 bridgehead atoms. The van der Waals surface area contributed by atoms with E-state index in [9.17, 15) is 19.1 Å². The minimum absolute atomic E-state index is 0.0876. The largest absolute Gasteiger partial charge is 0.391 e. The van der Waals surface area contributed by atoms with Crippen molar-refractivity contribution in [3.63, 3.8) is 0 Å². The molecule has 0 heterocycles. The fourth-order valence-corrected chi connectivity index (χ4v) is 3.45. The van der Waals surface area contributed by atoms with Crippen LogP contribution in [-0.2, 0) is 16.1 Å². The van der Waals surface area contributed by atoms with Crippen molar-refractivity contribution in [1.82, 2.24) is 16.1 Å². The Bertz CT molecular complexity index is 1330. The van der Waals surface area contributed by atoms with Gasteiger partial charge in [0.05, 0.1) is 12.6 Å². The lowest BCUT2D eigenvalue weighted by molar-refractivity contribution is -0.133. The molecule has 9 heteroatoms. The number of nitrogens with one attached hydrogen (secondary N) is 4. The number of hydrogen-bond acceptors (Lipinski definition) is 6. The molecule has 0 saturated heterocycles. The second-order valence-electron chi connectivity index (χ2n) is 8.50. The van der Waals surface area contributed by atoms with Gasteiger partial charge in [-0.15, -0.1) is 0 Å². The number of hydrogen-bond donors (Lipinski definition) is 6. The Kier molecular flexibility index (Phi) is 10.1. The van der Waals surface area contributed by atoms with Crippen LogP contribution >= 0.6 is 0 Å². The summed E-state index contributed by atoms with van der Waals surface area (Å²) in [5.74, 6) is 4.82. The number of benzene rings is 3. The summed E-state index contributed by atoms with van der Waals surface area (Å²) in [7, 11) is 0. The molecule has 6 N–H and O–H groups in total. The van der Waals surface area contributed by atoms with Gasteiger partial charge >= 0.3 is 0 Å². The van der Waals surface area contributed by atoms with Crippen LogP contribution in [-0.4, -0.2) is 40.8 Å². The molecule has 2 amide bonds. The SMILES string of the molecule is C=C(N[C@H](C(=O)NO)[C@@H](C)O)c1ccc(C#Cc2ccc(NC(=O)CNCc3cccc(F)c3)cc2)cc1. The number of aliphatic hydroxyl groups excluding tert-OH is 1. The lowest BCUT2D eigenvalue weighted by Gasteiger charge is -2.21. The predicted octanol–water partition coefficient (Wildman–Crippen LogP) is 2.77. The lowest BCUT2D eigenvalue weighted by Crippen LogP contribution is -2.48. The normalized spacial score (nSPS) is 11.9. The van der Waals surface area contributed by atoms with Crippen LogP contribution in [0.4, 0.5) is 10.1 Å². The minimum atomic E-state index is -1.06. The smallest absolute Gasteiger partial charge is 0.268 e. The van der Waals surface area contributed by atoms with Crippen molar-refractivity contribution in [3.8, 4) is 11.8 Å². The molecule has 3 aromatic rings. The maximum Gasteiger partial charge on any atom is 0.268 e. The van der Waals surface area contributed by atoms with Crippen molar-refractivity contribution in [3.05, 3.63) is 107 Å². The van der Waals surface area contributed by atoms with E-state index in [1.54, 1.807) is 60.7 Å². The Balaban J connectivity index is 1.50. The Hall–Kier alpha value is -4.49. The first-order chi connectivity index (χ1) is 18.2. The molecule has 196 valence electrons. The second-order valence-corrected chi connectivity index (χ2v) is 8.50. The van der Waals surface area contributed by atoms with E-state index in [0.29, 0.717) is 23.5 Å². The van der Waals surface area contributed by atoms with Gasteiger partial charge in [0.15, 0.2) is 0 Å². The number of amides is 2. The summed E-state index contributed by atoms with van der Waals surface area (Å²) in [5, 5.41) is 27.2. The summed E-state index contributed by atoms with van der Waals surface area (Å²) in [6, 6.07) is 19.4. The average molecular weight is 517 g/mol. The molecule has 0 aromatic heterocycles. The zero-order valence-corrected chi connectivity index (χ0v) is 20.8. The van der Waals surface area contributed by atoms with Gasteiger partial charge in [0, 0.05) is 29.1 Å². The van der Waals surface area contributed by atoms with Crippen molar-refractivity contribution in [2.24, 2.45) is 0 Å². The maximum absolute atomic E-state index is 13.2. The van der Waals surface area contributed by atoms with Gasteiger partial charge in [0.1, 0.15) is 11.9 Å². The Morgan fingerprint density at radius 2 is 1.63 bits per heavy atom. The van der Waals surface area contributed by atoms with Crippen LogP contribution in [0.25, 0.3) is 5.70 Å². The number of halogens is 1. The highest BCUT2D eigenvalue weighted by Crippen LogP contribution is 2.13. The average Bonchev–Trinajstić information content (AvgIpc) is 2.91. The Labute approximate surface area is 220 Å². The van der Waals surface area contributed by atoms with Gasteiger partial charge in [0.25, 0.3) is 5.91 Å². The van der Waals surface area contributed by atoms with Crippen LogP contribution in [0.15, 0.2) is 79.4 Å². The molecule has 3 rings (SSSR count). The van der Waals surface area contributed by atoms with Crippen molar-refractivity contribution >= 4 is 23.2 Å². The van der Waals surface area contributed by atoms with Crippen molar-refractivity contribution < 1.29 is 24.3 Å². The number of anilines is 1. The first-order valence-corrected chi connectivity index (χ1v) is 11.8. The number of rotatable bonds is 10. The standard InChI is InChI=1S/C29H29FN4O4/c1-19(32-28(20(2)35)29(37)34-38)24-12-8-21(9-13-24)6-7-22-10-14-26(15-11-22)33-27(36)18-31-17-23-4-3-5-25(30)16-23/h3-5,8-16,20,28,31-32,35,38H,1,17-18H2,2H3,(H,33,36)(H,34,37)/t20-,28+/m1/s1. The fourth-order valence-electron chi connectivity index (χ4n) is 3.45. The van der Waals surface area contributed by atoms with Crippen LogP contribution in [0.1, 0.15) is 29.2 Å². The molecule has 0 aliphatic heterocycles. The van der Waals surface area contributed by atoms with E-state index in [0.717, 1.165) is 16.7 Å². The Morgan fingerprint density at radius 3 is 2.21 bits per heavy atom.